The van der Waals surface area contributed by atoms with Gasteiger partial charge in [-0.3, -0.25) is 4.90 Å². The first kappa shape index (κ1) is 10.3. The number of halogens is 1. The van der Waals surface area contributed by atoms with E-state index in [1.165, 1.54) is 0 Å². The fourth-order valence-electron chi connectivity index (χ4n) is 1.52. The molecular formula is C10H10BrNO3. The van der Waals surface area contributed by atoms with Crippen molar-refractivity contribution in [3.8, 4) is 5.75 Å². The van der Waals surface area contributed by atoms with Crippen molar-refractivity contribution < 1.29 is 14.3 Å². The Hall–Kier alpha value is -1.23. The average Bonchev–Trinajstić information content (AvgIpc) is 2.64. The Morgan fingerprint density at radius 3 is 2.93 bits per heavy atom. The molecule has 1 saturated heterocycles. The number of methoxy groups -OCH3 is 1. The van der Waals surface area contributed by atoms with Crippen LogP contribution in [-0.2, 0) is 4.74 Å². The van der Waals surface area contributed by atoms with Crippen molar-refractivity contribution in [1.82, 2.24) is 0 Å². The van der Waals surface area contributed by atoms with E-state index in [2.05, 4.69) is 15.9 Å². The molecule has 4 nitrogen and oxygen atoms in total. The van der Waals surface area contributed by atoms with Gasteiger partial charge < -0.3 is 9.47 Å². The number of anilines is 1. The first-order valence-corrected chi connectivity index (χ1v) is 5.30. The van der Waals surface area contributed by atoms with Gasteiger partial charge in [0, 0.05) is 0 Å². The van der Waals surface area contributed by atoms with Gasteiger partial charge in [0.05, 0.1) is 23.8 Å². The van der Waals surface area contributed by atoms with Gasteiger partial charge in [-0.25, -0.2) is 4.79 Å². The van der Waals surface area contributed by atoms with Crippen molar-refractivity contribution in [2.24, 2.45) is 0 Å². The first-order chi connectivity index (χ1) is 7.24. The Kier molecular flexibility index (Phi) is 2.81. The quantitative estimate of drug-likeness (QED) is 0.829. The molecule has 0 unspecified atom stereocenters. The third-order valence-corrected chi connectivity index (χ3v) is 2.83. The molecule has 1 amide bonds. The minimum Gasteiger partial charge on any atom is -0.493 e. The number of amides is 1. The van der Waals surface area contributed by atoms with E-state index in [0.717, 1.165) is 10.2 Å². The fraction of sp³-hybridized carbons (Fsp3) is 0.300. The second kappa shape index (κ2) is 4.10. The molecule has 2 rings (SSSR count). The minimum atomic E-state index is -0.327. The third kappa shape index (κ3) is 1.79. The molecule has 0 aliphatic carbocycles. The van der Waals surface area contributed by atoms with Gasteiger partial charge in [-0.05, 0) is 28.1 Å². The SMILES string of the molecule is COc1c(Br)cccc1N1CCOC1=O. The number of para-hydroxylation sites is 1. The van der Waals surface area contributed by atoms with Crippen LogP contribution in [0.4, 0.5) is 10.5 Å². The molecule has 5 heteroatoms. The molecule has 1 aliphatic rings. The van der Waals surface area contributed by atoms with E-state index in [1.807, 2.05) is 18.2 Å². The van der Waals surface area contributed by atoms with E-state index >= 15 is 0 Å². The summed E-state index contributed by atoms with van der Waals surface area (Å²) in [6.07, 6.45) is -0.327. The van der Waals surface area contributed by atoms with E-state index < -0.39 is 0 Å². The van der Waals surface area contributed by atoms with E-state index in [0.29, 0.717) is 18.9 Å². The van der Waals surface area contributed by atoms with Crippen LogP contribution in [0.2, 0.25) is 0 Å². The number of ether oxygens (including phenoxy) is 2. The lowest BCUT2D eigenvalue weighted by Crippen LogP contribution is -2.23. The first-order valence-electron chi connectivity index (χ1n) is 4.51. The van der Waals surface area contributed by atoms with E-state index in [9.17, 15) is 4.79 Å². The number of benzene rings is 1. The summed E-state index contributed by atoms with van der Waals surface area (Å²) in [6, 6.07) is 5.55. The summed E-state index contributed by atoms with van der Waals surface area (Å²) in [7, 11) is 1.57. The minimum absolute atomic E-state index is 0.327. The van der Waals surface area contributed by atoms with Crippen LogP contribution >= 0.6 is 15.9 Å². The number of hydrogen-bond donors (Lipinski definition) is 0. The fourth-order valence-corrected chi connectivity index (χ4v) is 2.04. The molecule has 0 bridgehead atoms. The van der Waals surface area contributed by atoms with Crippen LogP contribution in [0.15, 0.2) is 22.7 Å². The van der Waals surface area contributed by atoms with Gasteiger partial charge in [0.25, 0.3) is 0 Å². The van der Waals surface area contributed by atoms with Gasteiger partial charge >= 0.3 is 6.09 Å². The maximum absolute atomic E-state index is 11.4. The van der Waals surface area contributed by atoms with Crippen molar-refractivity contribution in [2.75, 3.05) is 25.2 Å². The van der Waals surface area contributed by atoms with Crippen LogP contribution in [0, 0.1) is 0 Å². The lowest BCUT2D eigenvalue weighted by Gasteiger charge is -2.17. The molecule has 0 N–H and O–H groups in total. The van der Waals surface area contributed by atoms with Crippen molar-refractivity contribution >= 4 is 27.7 Å². The summed E-state index contributed by atoms with van der Waals surface area (Å²) in [5, 5.41) is 0. The zero-order valence-corrected chi connectivity index (χ0v) is 9.78. The molecule has 1 aromatic rings. The number of hydrogen-bond acceptors (Lipinski definition) is 3. The second-order valence-corrected chi connectivity index (χ2v) is 3.91. The molecule has 1 fully saturated rings. The van der Waals surface area contributed by atoms with Gasteiger partial charge in [0.1, 0.15) is 6.61 Å². The third-order valence-electron chi connectivity index (χ3n) is 2.20. The lowest BCUT2D eigenvalue weighted by atomic mass is 10.2. The summed E-state index contributed by atoms with van der Waals surface area (Å²) < 4.78 is 10.9. The van der Waals surface area contributed by atoms with Gasteiger partial charge in [-0.15, -0.1) is 0 Å². The number of rotatable bonds is 2. The van der Waals surface area contributed by atoms with Crippen molar-refractivity contribution in [3.63, 3.8) is 0 Å². The maximum Gasteiger partial charge on any atom is 0.414 e. The molecule has 1 aliphatic heterocycles. The molecule has 1 heterocycles. The standard InChI is InChI=1S/C10H10BrNO3/c1-14-9-7(11)3-2-4-8(9)12-5-6-15-10(12)13/h2-4H,5-6H2,1H3. The normalized spacial score (nSPS) is 15.3. The van der Waals surface area contributed by atoms with Crippen LogP contribution in [0.25, 0.3) is 0 Å². The van der Waals surface area contributed by atoms with E-state index in [4.69, 9.17) is 9.47 Å². The van der Waals surface area contributed by atoms with E-state index in [-0.39, 0.29) is 6.09 Å². The van der Waals surface area contributed by atoms with Crippen molar-refractivity contribution in [3.05, 3.63) is 22.7 Å². The highest BCUT2D eigenvalue weighted by molar-refractivity contribution is 9.10. The molecule has 0 radical (unpaired) electrons. The van der Waals surface area contributed by atoms with Gasteiger partial charge in [0.15, 0.2) is 5.75 Å². The van der Waals surface area contributed by atoms with Crippen LogP contribution < -0.4 is 9.64 Å². The summed E-state index contributed by atoms with van der Waals surface area (Å²) in [5.41, 5.74) is 0.731. The lowest BCUT2D eigenvalue weighted by molar-refractivity contribution is 0.181. The number of cyclic esters (lactones) is 1. The Morgan fingerprint density at radius 1 is 1.53 bits per heavy atom. The maximum atomic E-state index is 11.4. The summed E-state index contributed by atoms with van der Waals surface area (Å²) in [5.74, 6) is 0.649. The van der Waals surface area contributed by atoms with E-state index in [1.54, 1.807) is 12.0 Å². The average molecular weight is 272 g/mol. The zero-order chi connectivity index (χ0) is 10.8. The van der Waals surface area contributed by atoms with Crippen LogP contribution in [-0.4, -0.2) is 26.4 Å². The Bertz CT molecular complexity index is 394. The van der Waals surface area contributed by atoms with Crippen LogP contribution in [0.5, 0.6) is 5.75 Å². The Balaban J connectivity index is 2.42. The highest BCUT2D eigenvalue weighted by Crippen LogP contribution is 2.36. The van der Waals surface area contributed by atoms with Crippen LogP contribution in [0.3, 0.4) is 0 Å². The predicted molar refractivity (Wildman–Crippen MR) is 59.4 cm³/mol. The highest BCUT2D eigenvalue weighted by atomic mass is 79.9. The Labute approximate surface area is 95.9 Å². The monoisotopic (exact) mass is 271 g/mol. The van der Waals surface area contributed by atoms with Crippen molar-refractivity contribution in [1.29, 1.82) is 0 Å². The van der Waals surface area contributed by atoms with Gasteiger partial charge in [-0.1, -0.05) is 6.07 Å². The molecule has 15 heavy (non-hydrogen) atoms. The summed E-state index contributed by atoms with van der Waals surface area (Å²) in [6.45, 7) is 0.986. The van der Waals surface area contributed by atoms with Gasteiger partial charge in [-0.2, -0.15) is 0 Å². The number of nitrogens with zero attached hydrogens (tertiary/aromatic N) is 1. The molecular weight excluding hydrogens is 262 g/mol. The Morgan fingerprint density at radius 2 is 2.33 bits per heavy atom. The van der Waals surface area contributed by atoms with Crippen molar-refractivity contribution in [2.45, 2.75) is 0 Å². The molecule has 0 atom stereocenters. The van der Waals surface area contributed by atoms with Gasteiger partial charge in [0.2, 0.25) is 0 Å². The predicted octanol–water partition coefficient (Wildman–Crippen LogP) is 2.41. The topological polar surface area (TPSA) is 38.8 Å². The smallest absolute Gasteiger partial charge is 0.414 e. The number of carbonyl (C=O) groups excluding carboxylic acids is 1. The summed E-state index contributed by atoms with van der Waals surface area (Å²) >= 11 is 3.37. The largest absolute Gasteiger partial charge is 0.493 e. The highest BCUT2D eigenvalue weighted by Gasteiger charge is 2.26. The molecule has 0 aromatic heterocycles. The molecule has 0 saturated carbocycles. The summed E-state index contributed by atoms with van der Waals surface area (Å²) in [4.78, 5) is 12.9. The molecule has 1 aromatic carbocycles. The zero-order valence-electron chi connectivity index (χ0n) is 8.20. The molecule has 80 valence electrons. The van der Waals surface area contributed by atoms with Crippen LogP contribution in [0.1, 0.15) is 0 Å². The second-order valence-electron chi connectivity index (χ2n) is 3.06. The number of carbonyl (C=O) groups is 1. The molecule has 0 spiro atoms.